The van der Waals surface area contributed by atoms with Crippen LogP contribution in [0.25, 0.3) is 0 Å². The maximum absolute atomic E-state index is 14.5. The van der Waals surface area contributed by atoms with Crippen LogP contribution in [0, 0.1) is 16.2 Å². The van der Waals surface area contributed by atoms with Gasteiger partial charge in [-0.15, -0.1) is 0 Å². The fourth-order valence-electron chi connectivity index (χ4n) is 4.03. The average Bonchev–Trinajstić information content (AvgIpc) is 3.01. The number of rotatable bonds is 13. The van der Waals surface area contributed by atoms with Gasteiger partial charge in [0, 0.05) is 16.1 Å². The van der Waals surface area contributed by atoms with Gasteiger partial charge in [0.25, 0.3) is 30.4 Å². The van der Waals surface area contributed by atoms with Crippen LogP contribution in [0.15, 0.2) is 79.1 Å². The molecule has 3 aromatic carbocycles. The fraction of sp³-hybridized carbons (Fsp3) is 0.441. The molecule has 12 nitrogen and oxygen atoms in total. The van der Waals surface area contributed by atoms with Gasteiger partial charge in [-0.25, -0.2) is 8.42 Å². The first-order chi connectivity index (χ1) is 23.4. The zero-order valence-electron chi connectivity index (χ0n) is 30.1. The molecule has 0 bridgehead atoms. The first kappa shape index (κ1) is 44.0. The number of halogens is 2. The summed E-state index contributed by atoms with van der Waals surface area (Å²) in [7, 11) is -19.9. The summed E-state index contributed by atoms with van der Waals surface area (Å²) in [5.74, 6) is -0.813. The molecule has 288 valence electrons. The molecular formula is C34H42Cl2O12S4. The summed E-state index contributed by atoms with van der Waals surface area (Å²) in [4.78, 5) is 8.76. The Morgan fingerprint density at radius 3 is 1.42 bits per heavy atom. The third-order valence-electron chi connectivity index (χ3n) is 6.64. The highest BCUT2D eigenvalue weighted by Crippen LogP contribution is 2.37. The SMILES string of the molecule is CC(C)(C)COS(=O)(=O)c1ccc(S(=O)(=O)c2ccc(C(=O)c3cc(Cl)ccc3Cl)cc2S(=O)(=O)OCC(C)(C)C)c(S(=O)(=O)OCC(C)(C)C)c1. The van der Waals surface area contributed by atoms with Crippen molar-refractivity contribution in [2.75, 3.05) is 19.8 Å². The second-order valence-electron chi connectivity index (χ2n) is 15.6. The van der Waals surface area contributed by atoms with E-state index in [1.807, 2.05) is 0 Å². The van der Waals surface area contributed by atoms with E-state index in [0.29, 0.717) is 12.1 Å². The Morgan fingerprint density at radius 2 is 0.962 bits per heavy atom. The zero-order valence-corrected chi connectivity index (χ0v) is 34.9. The summed E-state index contributed by atoms with van der Waals surface area (Å²) < 4.78 is 126. The van der Waals surface area contributed by atoms with Gasteiger partial charge in [0.1, 0.15) is 9.79 Å². The van der Waals surface area contributed by atoms with Gasteiger partial charge in [-0.2, -0.15) is 25.3 Å². The number of carbonyl (C=O) groups excluding carboxylic acids is 1. The Labute approximate surface area is 317 Å². The smallest absolute Gasteiger partial charge is 0.289 e. The van der Waals surface area contributed by atoms with Crippen LogP contribution in [-0.2, 0) is 52.7 Å². The molecule has 3 aromatic rings. The molecule has 3 rings (SSSR count). The van der Waals surface area contributed by atoms with Gasteiger partial charge in [-0.3, -0.25) is 17.3 Å². The van der Waals surface area contributed by atoms with Crippen molar-refractivity contribution in [2.45, 2.75) is 86.8 Å². The van der Waals surface area contributed by atoms with E-state index in [2.05, 4.69) is 0 Å². The lowest BCUT2D eigenvalue weighted by Gasteiger charge is -2.21. The normalized spacial score (nSPS) is 13.7. The molecule has 0 fully saturated rings. The van der Waals surface area contributed by atoms with Crippen LogP contribution in [0.1, 0.15) is 78.2 Å². The number of carbonyl (C=O) groups is 1. The molecule has 0 atom stereocenters. The van der Waals surface area contributed by atoms with Crippen LogP contribution in [-0.4, -0.2) is 59.3 Å². The predicted molar refractivity (Wildman–Crippen MR) is 196 cm³/mol. The molecule has 18 heteroatoms. The summed E-state index contributed by atoms with van der Waals surface area (Å²) >= 11 is 12.3. The van der Waals surface area contributed by atoms with Gasteiger partial charge in [0.05, 0.1) is 39.5 Å². The molecule has 0 aromatic heterocycles. The highest BCUT2D eigenvalue weighted by atomic mass is 35.5. The quantitative estimate of drug-likeness (QED) is 0.124. The molecular weight excluding hydrogens is 800 g/mol. The Kier molecular flexibility index (Phi) is 13.0. The molecule has 0 saturated heterocycles. The van der Waals surface area contributed by atoms with Crippen molar-refractivity contribution < 1.29 is 51.0 Å². The first-order valence-corrected chi connectivity index (χ1v) is 22.0. The molecule has 0 aliphatic carbocycles. The van der Waals surface area contributed by atoms with Crippen LogP contribution in [0.5, 0.6) is 0 Å². The molecule has 0 aliphatic rings. The monoisotopic (exact) mass is 840 g/mol. The molecule has 0 amide bonds. The van der Waals surface area contributed by atoms with E-state index >= 15 is 0 Å². The number of benzene rings is 3. The maximum Gasteiger partial charge on any atom is 0.298 e. The molecule has 52 heavy (non-hydrogen) atoms. The van der Waals surface area contributed by atoms with Crippen LogP contribution in [0.3, 0.4) is 0 Å². The maximum atomic E-state index is 14.5. The number of hydrogen-bond donors (Lipinski definition) is 0. The Bertz CT molecular complexity index is 2300. The highest BCUT2D eigenvalue weighted by molar-refractivity contribution is 7.94. The van der Waals surface area contributed by atoms with Crippen molar-refractivity contribution in [1.29, 1.82) is 0 Å². The third kappa shape index (κ3) is 11.3. The summed E-state index contributed by atoms with van der Waals surface area (Å²) in [5, 5.41) is 0.121. The van der Waals surface area contributed by atoms with E-state index in [1.54, 1.807) is 62.3 Å². The highest BCUT2D eigenvalue weighted by Gasteiger charge is 2.37. The van der Waals surface area contributed by atoms with Gasteiger partial charge in [0.15, 0.2) is 5.78 Å². The largest absolute Gasteiger partial charge is 0.298 e. The van der Waals surface area contributed by atoms with Crippen molar-refractivity contribution in [3.8, 4) is 0 Å². The van der Waals surface area contributed by atoms with Gasteiger partial charge < -0.3 is 0 Å². The summed E-state index contributed by atoms with van der Waals surface area (Å²) in [6, 6.07) is 8.70. The number of hydrogen-bond acceptors (Lipinski definition) is 12. The van der Waals surface area contributed by atoms with Gasteiger partial charge in [-0.05, 0) is 70.8 Å². The van der Waals surface area contributed by atoms with E-state index in [4.69, 9.17) is 35.8 Å². The average molecular weight is 842 g/mol. The number of ketones is 1. The minimum absolute atomic E-state index is 0.0221. The molecule has 0 saturated carbocycles. The molecule has 0 heterocycles. The summed E-state index contributed by atoms with van der Waals surface area (Å²) in [5.41, 5.74) is -2.52. The van der Waals surface area contributed by atoms with Crippen molar-refractivity contribution in [3.05, 3.63) is 75.8 Å². The Balaban J connectivity index is 2.38. The van der Waals surface area contributed by atoms with E-state index < -0.39 is 99.9 Å². The van der Waals surface area contributed by atoms with Crippen LogP contribution in [0.4, 0.5) is 0 Å². The third-order valence-corrected chi connectivity index (χ3v) is 13.2. The zero-order chi connectivity index (χ0) is 39.9. The van der Waals surface area contributed by atoms with Crippen molar-refractivity contribution >= 4 is 69.2 Å². The van der Waals surface area contributed by atoms with E-state index in [-0.39, 0.29) is 27.8 Å². The van der Waals surface area contributed by atoms with E-state index in [1.165, 1.54) is 18.2 Å². The topological polar surface area (TPSA) is 181 Å². The minimum Gasteiger partial charge on any atom is -0.289 e. The standard InChI is InChI=1S/C34H42Cl2O12S4/c1-32(2,3)19-46-50(40,41)24-12-15-28(30(18-24)52(44,45)48-21-34(7,8)9)49(38,39)27-14-10-22(31(37)25-17-23(35)11-13-26(25)36)16-29(27)51(42,43)47-20-33(4,5)6/h10-18H,19-21H2,1-9H3. The van der Waals surface area contributed by atoms with Gasteiger partial charge in [-0.1, -0.05) is 85.5 Å². The minimum atomic E-state index is -5.21. The first-order valence-electron chi connectivity index (χ1n) is 15.6. The predicted octanol–water partition coefficient (Wildman–Crippen LogP) is 7.31. The van der Waals surface area contributed by atoms with Gasteiger partial charge >= 0.3 is 0 Å². The van der Waals surface area contributed by atoms with Crippen molar-refractivity contribution in [1.82, 2.24) is 0 Å². The van der Waals surface area contributed by atoms with E-state index in [9.17, 15) is 38.5 Å². The molecule has 0 N–H and O–H groups in total. The van der Waals surface area contributed by atoms with Crippen LogP contribution in [0.2, 0.25) is 10.0 Å². The van der Waals surface area contributed by atoms with Crippen LogP contribution >= 0.6 is 23.2 Å². The van der Waals surface area contributed by atoms with Crippen LogP contribution < -0.4 is 0 Å². The second kappa shape index (κ2) is 15.4. The molecule has 0 unspecified atom stereocenters. The summed E-state index contributed by atoms with van der Waals surface area (Å²) in [6.07, 6.45) is 0. The van der Waals surface area contributed by atoms with Crippen molar-refractivity contribution in [3.63, 3.8) is 0 Å². The molecule has 0 spiro atoms. The van der Waals surface area contributed by atoms with Crippen molar-refractivity contribution in [2.24, 2.45) is 16.2 Å². The van der Waals surface area contributed by atoms with E-state index in [0.717, 1.165) is 24.3 Å². The fourth-order valence-corrected chi connectivity index (χ4v) is 10.7. The molecule has 0 aliphatic heterocycles. The Hall–Kier alpha value is -2.41. The lowest BCUT2D eigenvalue weighted by atomic mass is 9.99. The lowest BCUT2D eigenvalue weighted by Crippen LogP contribution is -2.23. The number of sulfone groups is 1. The second-order valence-corrected chi connectivity index (χ2v) is 23.1. The lowest BCUT2D eigenvalue weighted by molar-refractivity contribution is 0.103. The molecule has 0 radical (unpaired) electrons. The van der Waals surface area contributed by atoms with Gasteiger partial charge in [0.2, 0.25) is 9.84 Å². The summed E-state index contributed by atoms with van der Waals surface area (Å²) in [6.45, 7) is 13.9. The Morgan fingerprint density at radius 1 is 0.538 bits per heavy atom.